The van der Waals surface area contributed by atoms with Gasteiger partial charge in [-0.05, 0) is 125 Å². The molecule has 6 heteroatoms. The molecular formula is C32H32BrFN2OS. The van der Waals surface area contributed by atoms with Crippen molar-refractivity contribution in [1.82, 2.24) is 9.78 Å². The van der Waals surface area contributed by atoms with Crippen LogP contribution in [0.3, 0.4) is 0 Å². The van der Waals surface area contributed by atoms with E-state index in [9.17, 15) is 4.39 Å². The highest BCUT2D eigenvalue weighted by Gasteiger charge is 2.43. The topological polar surface area (TPSA) is 27.1 Å². The summed E-state index contributed by atoms with van der Waals surface area (Å²) in [6.45, 7) is 6.73. The predicted octanol–water partition coefficient (Wildman–Crippen LogP) is 9.28. The summed E-state index contributed by atoms with van der Waals surface area (Å²) in [5, 5.41) is 6.16. The second-order valence-electron chi connectivity index (χ2n) is 10.4. The molecule has 38 heavy (non-hydrogen) atoms. The quantitative estimate of drug-likeness (QED) is 0.189. The largest absolute Gasteiger partial charge is 0.439 e. The van der Waals surface area contributed by atoms with Gasteiger partial charge >= 0.3 is 0 Å². The molecule has 3 nitrogen and oxygen atoms in total. The van der Waals surface area contributed by atoms with Crippen LogP contribution in [0.1, 0.15) is 32.0 Å². The fraction of sp³-hybridized carbons (Fsp3) is 0.219. The van der Waals surface area contributed by atoms with Crippen molar-refractivity contribution in [3.63, 3.8) is 0 Å². The van der Waals surface area contributed by atoms with Gasteiger partial charge in [0.25, 0.3) is 0 Å². The van der Waals surface area contributed by atoms with Gasteiger partial charge in [-0.1, -0.05) is 42.5 Å². The van der Waals surface area contributed by atoms with Crippen LogP contribution in [0.2, 0.25) is 0 Å². The SMILES string of the molecule is Cn1nc(Br)cc1CCc1cc(OS(c2ccccc2)(c2ccccc2)C(C)(C)C)c2ccc(F)cc2c1. The van der Waals surface area contributed by atoms with Crippen molar-refractivity contribution >= 4 is 37.0 Å². The molecule has 1 aromatic heterocycles. The van der Waals surface area contributed by atoms with Crippen LogP contribution < -0.4 is 4.18 Å². The van der Waals surface area contributed by atoms with Crippen LogP contribution in [0, 0.1) is 5.82 Å². The van der Waals surface area contributed by atoms with Crippen LogP contribution in [-0.2, 0) is 19.9 Å². The van der Waals surface area contributed by atoms with E-state index in [1.165, 1.54) is 6.07 Å². The molecule has 0 atom stereocenters. The molecule has 0 bridgehead atoms. The van der Waals surface area contributed by atoms with E-state index >= 15 is 0 Å². The lowest BCUT2D eigenvalue weighted by atomic mass is 10.0. The first-order valence-electron chi connectivity index (χ1n) is 12.7. The summed E-state index contributed by atoms with van der Waals surface area (Å²) in [6, 6.07) is 32.3. The van der Waals surface area contributed by atoms with Crippen LogP contribution >= 0.6 is 26.2 Å². The van der Waals surface area contributed by atoms with Gasteiger partial charge < -0.3 is 4.18 Å². The van der Waals surface area contributed by atoms with Gasteiger partial charge in [-0.25, -0.2) is 4.39 Å². The van der Waals surface area contributed by atoms with E-state index in [1.54, 1.807) is 6.07 Å². The first-order chi connectivity index (χ1) is 18.2. The Kier molecular flexibility index (Phi) is 7.38. The minimum atomic E-state index is -2.03. The molecule has 4 aromatic carbocycles. The number of nitrogens with zero attached hydrogens (tertiary/aromatic N) is 2. The molecule has 1 heterocycles. The van der Waals surface area contributed by atoms with Crippen LogP contribution in [0.15, 0.2) is 111 Å². The van der Waals surface area contributed by atoms with Crippen molar-refractivity contribution in [3.05, 3.63) is 119 Å². The Hall–Kier alpha value is -3.09. The van der Waals surface area contributed by atoms with E-state index in [4.69, 9.17) is 4.18 Å². The maximum Gasteiger partial charge on any atom is 0.143 e. The van der Waals surface area contributed by atoms with Crippen molar-refractivity contribution in [2.45, 2.75) is 48.2 Å². The number of aryl methyl sites for hydroxylation is 3. The summed E-state index contributed by atoms with van der Waals surface area (Å²) in [5.41, 5.74) is 2.22. The van der Waals surface area contributed by atoms with Gasteiger partial charge in [0.05, 0.1) is 0 Å². The second-order valence-corrected chi connectivity index (χ2v) is 14.7. The first kappa shape index (κ1) is 26.5. The number of benzene rings is 4. The number of hydrogen-bond donors (Lipinski definition) is 0. The Morgan fingerprint density at radius 1 is 0.842 bits per heavy atom. The van der Waals surface area contributed by atoms with Crippen molar-refractivity contribution in [2.24, 2.45) is 7.05 Å². The monoisotopic (exact) mass is 590 g/mol. The van der Waals surface area contributed by atoms with E-state index in [0.717, 1.165) is 55.0 Å². The average Bonchev–Trinajstić information content (AvgIpc) is 3.22. The lowest BCUT2D eigenvalue weighted by Gasteiger charge is -2.50. The van der Waals surface area contributed by atoms with Crippen molar-refractivity contribution in [3.8, 4) is 5.75 Å². The van der Waals surface area contributed by atoms with Crippen LogP contribution in [0.4, 0.5) is 4.39 Å². The number of halogens is 2. The summed E-state index contributed by atoms with van der Waals surface area (Å²) >= 11 is 3.47. The predicted molar refractivity (Wildman–Crippen MR) is 160 cm³/mol. The summed E-state index contributed by atoms with van der Waals surface area (Å²) in [6.07, 6.45) is 1.59. The van der Waals surface area contributed by atoms with E-state index in [2.05, 4.69) is 102 Å². The molecule has 0 fully saturated rings. The Balaban J connectivity index is 1.68. The van der Waals surface area contributed by atoms with Gasteiger partial charge in [0, 0.05) is 32.7 Å². The Morgan fingerprint density at radius 3 is 2.03 bits per heavy atom. The lowest BCUT2D eigenvalue weighted by molar-refractivity contribution is 0.577. The molecule has 5 rings (SSSR count). The Bertz CT molecular complexity index is 1520. The van der Waals surface area contributed by atoms with Gasteiger partial charge in [-0.3, -0.25) is 4.68 Å². The summed E-state index contributed by atoms with van der Waals surface area (Å²) in [4.78, 5) is 2.30. The Morgan fingerprint density at radius 2 is 1.47 bits per heavy atom. The molecule has 196 valence electrons. The molecule has 0 N–H and O–H groups in total. The van der Waals surface area contributed by atoms with E-state index in [0.29, 0.717) is 0 Å². The minimum Gasteiger partial charge on any atom is -0.439 e. The number of hydrogen-bond acceptors (Lipinski definition) is 2. The molecule has 0 spiro atoms. The van der Waals surface area contributed by atoms with E-state index in [1.807, 2.05) is 36.0 Å². The van der Waals surface area contributed by atoms with Crippen LogP contribution in [0.5, 0.6) is 5.75 Å². The minimum absolute atomic E-state index is 0.237. The van der Waals surface area contributed by atoms with Crippen LogP contribution in [0.25, 0.3) is 10.8 Å². The van der Waals surface area contributed by atoms with Crippen molar-refractivity contribution in [2.75, 3.05) is 0 Å². The maximum atomic E-state index is 14.4. The van der Waals surface area contributed by atoms with Gasteiger partial charge in [0.15, 0.2) is 0 Å². The molecule has 0 saturated heterocycles. The van der Waals surface area contributed by atoms with E-state index < -0.39 is 10.3 Å². The fourth-order valence-corrected chi connectivity index (χ4v) is 9.09. The van der Waals surface area contributed by atoms with Crippen molar-refractivity contribution < 1.29 is 8.57 Å². The smallest absolute Gasteiger partial charge is 0.143 e. The molecule has 0 unspecified atom stereocenters. The first-order valence-corrected chi connectivity index (χ1v) is 15.1. The van der Waals surface area contributed by atoms with E-state index in [-0.39, 0.29) is 10.6 Å². The molecule has 0 aliphatic rings. The zero-order chi connectivity index (χ0) is 26.9. The molecule has 0 amide bonds. The Labute approximate surface area is 234 Å². The molecule has 0 radical (unpaired) electrons. The number of rotatable bonds is 7. The van der Waals surface area contributed by atoms with Gasteiger partial charge in [-0.2, -0.15) is 5.10 Å². The van der Waals surface area contributed by atoms with Gasteiger partial charge in [-0.15, -0.1) is 0 Å². The normalized spacial score (nSPS) is 12.6. The summed E-state index contributed by atoms with van der Waals surface area (Å²) < 4.78 is 24.2. The zero-order valence-corrected chi connectivity index (χ0v) is 24.5. The highest BCUT2D eigenvalue weighted by Crippen LogP contribution is 2.70. The van der Waals surface area contributed by atoms with Gasteiger partial charge in [0.1, 0.15) is 16.2 Å². The number of fused-ring (bicyclic) bond motifs is 1. The molecular weight excluding hydrogens is 559 g/mol. The number of aromatic nitrogens is 2. The highest BCUT2D eigenvalue weighted by molar-refractivity contribution is 9.10. The summed E-state index contributed by atoms with van der Waals surface area (Å²) in [5.74, 6) is 0.526. The molecule has 0 saturated carbocycles. The van der Waals surface area contributed by atoms with Crippen molar-refractivity contribution in [1.29, 1.82) is 0 Å². The second kappa shape index (κ2) is 10.6. The molecule has 0 aliphatic heterocycles. The zero-order valence-electron chi connectivity index (χ0n) is 22.1. The lowest BCUT2D eigenvalue weighted by Crippen LogP contribution is -2.30. The fourth-order valence-electron chi connectivity index (χ4n) is 4.98. The molecule has 5 aromatic rings. The average molecular weight is 592 g/mol. The van der Waals surface area contributed by atoms with Gasteiger partial charge in [0.2, 0.25) is 0 Å². The third-order valence-electron chi connectivity index (χ3n) is 6.78. The molecule has 0 aliphatic carbocycles. The highest BCUT2D eigenvalue weighted by atomic mass is 79.9. The third-order valence-corrected chi connectivity index (χ3v) is 11.2. The maximum absolute atomic E-state index is 14.4. The van der Waals surface area contributed by atoms with Crippen LogP contribution in [-0.4, -0.2) is 14.5 Å². The third kappa shape index (κ3) is 5.12. The standard InChI is InChI=1S/C32H32BrFN2OS/c1-32(2,3)38(27-11-7-5-8-12-27,28-13-9-6-10-14-28)37-30-20-23(15-17-26-22-31(33)35-36(26)4)19-24-21-25(34)16-18-29(24)30/h5-14,16,18-22H,15,17H2,1-4H3. The summed E-state index contributed by atoms with van der Waals surface area (Å²) in [7, 11) is -0.0764.